The first-order valence-corrected chi connectivity index (χ1v) is 6.10. The summed E-state index contributed by atoms with van der Waals surface area (Å²) in [5, 5.41) is 0.686. The average Bonchev–Trinajstić information content (AvgIpc) is 2.82. The number of rotatable bonds is 2. The number of hydrogen-bond acceptors (Lipinski definition) is 2. The van der Waals surface area contributed by atoms with E-state index in [1.54, 1.807) is 0 Å². The number of fused-ring (bicyclic) bond motifs is 1. The summed E-state index contributed by atoms with van der Waals surface area (Å²) < 4.78 is 0. The highest BCUT2D eigenvalue weighted by molar-refractivity contribution is 6.33. The summed E-state index contributed by atoms with van der Waals surface area (Å²) in [6, 6.07) is 13.6. The van der Waals surface area contributed by atoms with Crippen LogP contribution in [0, 0.1) is 0 Å². The second-order valence-electron chi connectivity index (χ2n) is 4.08. The van der Waals surface area contributed by atoms with Crippen LogP contribution in [0.5, 0.6) is 0 Å². The number of nitrogens with one attached hydrogen (secondary N) is 1. The lowest BCUT2D eigenvalue weighted by Crippen LogP contribution is -1.96. The Labute approximate surface area is 110 Å². The summed E-state index contributed by atoms with van der Waals surface area (Å²) in [4.78, 5) is 7.87. The number of benzene rings is 2. The van der Waals surface area contributed by atoms with E-state index in [0.29, 0.717) is 11.6 Å². The summed E-state index contributed by atoms with van der Waals surface area (Å²) in [5.74, 6) is 0.775. The van der Waals surface area contributed by atoms with Gasteiger partial charge in [0.05, 0.1) is 16.1 Å². The lowest BCUT2D eigenvalue weighted by molar-refractivity contribution is 1.08. The molecule has 1 aromatic heterocycles. The van der Waals surface area contributed by atoms with Gasteiger partial charge in [0.15, 0.2) is 0 Å². The molecule has 0 radical (unpaired) electrons. The van der Waals surface area contributed by atoms with E-state index in [9.17, 15) is 0 Å². The first kappa shape index (κ1) is 11.3. The lowest BCUT2D eigenvalue weighted by Gasteiger charge is -1.98. The van der Waals surface area contributed by atoms with E-state index in [-0.39, 0.29) is 0 Å². The van der Waals surface area contributed by atoms with Gasteiger partial charge in [-0.3, -0.25) is 0 Å². The summed E-state index contributed by atoms with van der Waals surface area (Å²) in [6.07, 6.45) is 0. The normalized spacial score (nSPS) is 11.0. The van der Waals surface area contributed by atoms with Gasteiger partial charge in [-0.25, -0.2) is 4.98 Å². The minimum atomic E-state index is 0.476. The average molecular weight is 258 g/mol. The molecule has 0 spiro atoms. The monoisotopic (exact) mass is 257 g/mol. The zero-order valence-corrected chi connectivity index (χ0v) is 10.4. The van der Waals surface area contributed by atoms with Crippen molar-refractivity contribution >= 4 is 22.6 Å². The molecule has 2 aromatic carbocycles. The molecule has 0 unspecified atom stereocenters. The van der Waals surface area contributed by atoms with Crippen LogP contribution in [0.2, 0.25) is 5.02 Å². The second kappa shape index (κ2) is 4.44. The fourth-order valence-electron chi connectivity index (χ4n) is 2.04. The van der Waals surface area contributed by atoms with Crippen LogP contribution in [0.25, 0.3) is 22.4 Å². The minimum Gasteiger partial charge on any atom is -0.338 e. The molecular formula is C14H12ClN3. The van der Waals surface area contributed by atoms with Gasteiger partial charge in [-0.05, 0) is 23.8 Å². The molecule has 3 aromatic rings. The van der Waals surface area contributed by atoms with Gasteiger partial charge in [0.2, 0.25) is 0 Å². The molecule has 3 rings (SSSR count). The van der Waals surface area contributed by atoms with Crippen LogP contribution in [-0.2, 0) is 6.54 Å². The molecule has 1 heterocycles. The van der Waals surface area contributed by atoms with E-state index in [0.717, 1.165) is 28.0 Å². The maximum Gasteiger partial charge on any atom is 0.140 e. The molecule has 0 aliphatic carbocycles. The molecule has 18 heavy (non-hydrogen) atoms. The Morgan fingerprint density at radius 1 is 1.11 bits per heavy atom. The number of nitrogens with two attached hydrogens (primary N) is 1. The zero-order valence-electron chi connectivity index (χ0n) is 9.65. The minimum absolute atomic E-state index is 0.476. The van der Waals surface area contributed by atoms with Crippen molar-refractivity contribution in [3.8, 4) is 11.4 Å². The molecule has 90 valence electrons. The fourth-order valence-corrected chi connectivity index (χ4v) is 2.26. The third-order valence-electron chi connectivity index (χ3n) is 2.95. The highest BCUT2D eigenvalue weighted by Gasteiger charge is 2.10. The first-order chi connectivity index (χ1) is 8.79. The summed E-state index contributed by atoms with van der Waals surface area (Å²) in [7, 11) is 0. The molecule has 0 aliphatic rings. The number of nitrogens with zero attached hydrogens (tertiary/aromatic N) is 1. The zero-order chi connectivity index (χ0) is 12.5. The van der Waals surface area contributed by atoms with Crippen LogP contribution < -0.4 is 5.73 Å². The highest BCUT2D eigenvalue weighted by atomic mass is 35.5. The number of halogens is 1. The summed E-state index contributed by atoms with van der Waals surface area (Å²) >= 11 is 6.18. The molecule has 0 fully saturated rings. The third kappa shape index (κ3) is 1.78. The molecule has 4 heteroatoms. The standard InChI is InChI=1S/C14H12ClN3/c15-11-6-2-1-5-10(11)14-17-12-7-3-4-9(8-16)13(12)18-14/h1-7H,8,16H2,(H,17,18). The molecule has 0 bridgehead atoms. The van der Waals surface area contributed by atoms with Crippen molar-refractivity contribution in [1.29, 1.82) is 0 Å². The molecule has 0 atom stereocenters. The van der Waals surface area contributed by atoms with E-state index >= 15 is 0 Å². The Balaban J connectivity index is 2.23. The number of aromatic amines is 1. The van der Waals surface area contributed by atoms with Crippen molar-refractivity contribution in [2.75, 3.05) is 0 Å². The first-order valence-electron chi connectivity index (χ1n) is 5.72. The van der Waals surface area contributed by atoms with E-state index in [2.05, 4.69) is 9.97 Å². The smallest absolute Gasteiger partial charge is 0.140 e. The second-order valence-corrected chi connectivity index (χ2v) is 4.49. The predicted molar refractivity (Wildman–Crippen MR) is 74.4 cm³/mol. The van der Waals surface area contributed by atoms with Gasteiger partial charge in [0, 0.05) is 12.1 Å². The van der Waals surface area contributed by atoms with Crippen molar-refractivity contribution in [1.82, 2.24) is 9.97 Å². The molecule has 0 saturated heterocycles. The van der Waals surface area contributed by atoms with E-state index in [1.807, 2.05) is 42.5 Å². The van der Waals surface area contributed by atoms with Crippen molar-refractivity contribution in [3.05, 3.63) is 53.1 Å². The van der Waals surface area contributed by atoms with Gasteiger partial charge in [0.25, 0.3) is 0 Å². The lowest BCUT2D eigenvalue weighted by atomic mass is 10.2. The van der Waals surface area contributed by atoms with Crippen LogP contribution in [0.4, 0.5) is 0 Å². The highest BCUT2D eigenvalue weighted by Crippen LogP contribution is 2.27. The van der Waals surface area contributed by atoms with Crippen molar-refractivity contribution < 1.29 is 0 Å². The van der Waals surface area contributed by atoms with Crippen LogP contribution >= 0.6 is 11.6 Å². The Morgan fingerprint density at radius 2 is 1.94 bits per heavy atom. The van der Waals surface area contributed by atoms with E-state index in [1.165, 1.54) is 0 Å². The Bertz CT molecular complexity index is 703. The van der Waals surface area contributed by atoms with Gasteiger partial charge in [-0.2, -0.15) is 0 Å². The summed E-state index contributed by atoms with van der Waals surface area (Å²) in [6.45, 7) is 0.476. The topological polar surface area (TPSA) is 54.7 Å². The molecule has 3 N–H and O–H groups in total. The van der Waals surface area contributed by atoms with Gasteiger partial charge >= 0.3 is 0 Å². The molecular weight excluding hydrogens is 246 g/mol. The number of imidazole rings is 1. The van der Waals surface area contributed by atoms with Crippen LogP contribution in [0.15, 0.2) is 42.5 Å². The quantitative estimate of drug-likeness (QED) is 0.740. The van der Waals surface area contributed by atoms with Gasteiger partial charge < -0.3 is 10.7 Å². The Kier molecular flexibility index (Phi) is 2.78. The van der Waals surface area contributed by atoms with E-state index < -0.39 is 0 Å². The molecule has 0 saturated carbocycles. The number of para-hydroxylation sites is 1. The van der Waals surface area contributed by atoms with Crippen LogP contribution in [0.1, 0.15) is 5.56 Å². The van der Waals surface area contributed by atoms with E-state index in [4.69, 9.17) is 17.3 Å². The fraction of sp³-hybridized carbons (Fsp3) is 0.0714. The van der Waals surface area contributed by atoms with Crippen molar-refractivity contribution in [3.63, 3.8) is 0 Å². The maximum atomic E-state index is 6.18. The Morgan fingerprint density at radius 3 is 2.72 bits per heavy atom. The third-order valence-corrected chi connectivity index (χ3v) is 3.27. The van der Waals surface area contributed by atoms with Gasteiger partial charge in [0.1, 0.15) is 5.82 Å². The van der Waals surface area contributed by atoms with Crippen molar-refractivity contribution in [2.45, 2.75) is 6.54 Å². The van der Waals surface area contributed by atoms with Crippen LogP contribution in [0.3, 0.4) is 0 Å². The van der Waals surface area contributed by atoms with Crippen molar-refractivity contribution in [2.24, 2.45) is 5.73 Å². The summed E-state index contributed by atoms with van der Waals surface area (Å²) in [5.41, 5.74) is 9.54. The largest absolute Gasteiger partial charge is 0.338 e. The molecule has 0 aliphatic heterocycles. The molecule has 0 amide bonds. The molecule has 3 nitrogen and oxygen atoms in total. The van der Waals surface area contributed by atoms with Crippen LogP contribution in [-0.4, -0.2) is 9.97 Å². The number of H-pyrrole nitrogens is 1. The van der Waals surface area contributed by atoms with Gasteiger partial charge in [-0.15, -0.1) is 0 Å². The number of hydrogen-bond donors (Lipinski definition) is 2. The van der Waals surface area contributed by atoms with Gasteiger partial charge in [-0.1, -0.05) is 35.9 Å². The maximum absolute atomic E-state index is 6.18. The SMILES string of the molecule is NCc1cccc2[nH]c(-c3ccccc3Cl)nc12. The number of aromatic nitrogens is 2. The Hall–Kier alpha value is -1.84. The predicted octanol–water partition coefficient (Wildman–Crippen LogP) is 3.34.